The zero-order valence-corrected chi connectivity index (χ0v) is 10.3. The van der Waals surface area contributed by atoms with E-state index in [0.717, 1.165) is 25.7 Å². The van der Waals surface area contributed by atoms with Gasteiger partial charge in [-0.15, -0.1) is 0 Å². The Labute approximate surface area is 97.3 Å². The fraction of sp³-hybridized carbons (Fsp3) is 0.833. The Morgan fingerprint density at radius 3 is 2.19 bits per heavy atom. The van der Waals surface area contributed by atoms with Gasteiger partial charge in [0, 0.05) is 26.4 Å². The quantitative estimate of drug-likeness (QED) is 0.548. The van der Waals surface area contributed by atoms with Crippen LogP contribution in [0.15, 0.2) is 0 Å². The molecule has 4 heteroatoms. The maximum absolute atomic E-state index is 10.5. The molecule has 0 amide bonds. The van der Waals surface area contributed by atoms with E-state index in [0.29, 0.717) is 25.6 Å². The molecule has 0 radical (unpaired) electrons. The molecule has 0 heterocycles. The molecule has 0 aromatic rings. The summed E-state index contributed by atoms with van der Waals surface area (Å²) in [6.07, 6.45) is 5.24. The largest absolute Gasteiger partial charge is 0.463 e. The number of ketones is 1. The SMILES string of the molecule is CCOCCOC(C)=O.O=C1CCCCC1. The molecule has 1 rings (SSSR count). The van der Waals surface area contributed by atoms with Gasteiger partial charge in [0.25, 0.3) is 0 Å². The van der Waals surface area contributed by atoms with Crippen LogP contribution in [-0.2, 0) is 19.1 Å². The van der Waals surface area contributed by atoms with Gasteiger partial charge in [-0.25, -0.2) is 0 Å². The summed E-state index contributed by atoms with van der Waals surface area (Å²) in [7, 11) is 0. The van der Waals surface area contributed by atoms with E-state index in [1.165, 1.54) is 13.3 Å². The van der Waals surface area contributed by atoms with Crippen molar-refractivity contribution >= 4 is 11.8 Å². The highest BCUT2D eigenvalue weighted by Gasteiger charge is 2.05. The summed E-state index contributed by atoms with van der Waals surface area (Å²) in [5.74, 6) is 0.209. The van der Waals surface area contributed by atoms with Crippen molar-refractivity contribution in [3.8, 4) is 0 Å². The molecule has 0 saturated heterocycles. The Hall–Kier alpha value is -0.900. The molecule has 1 aliphatic carbocycles. The summed E-state index contributed by atoms with van der Waals surface area (Å²) in [5, 5.41) is 0. The second kappa shape index (κ2) is 10.6. The fourth-order valence-electron chi connectivity index (χ4n) is 1.33. The molecule has 16 heavy (non-hydrogen) atoms. The first-order valence-electron chi connectivity index (χ1n) is 5.89. The molecule has 1 saturated carbocycles. The molecule has 1 fully saturated rings. The molecular weight excluding hydrogens is 208 g/mol. The van der Waals surface area contributed by atoms with E-state index in [4.69, 9.17) is 4.74 Å². The minimum Gasteiger partial charge on any atom is -0.463 e. The van der Waals surface area contributed by atoms with Crippen LogP contribution in [-0.4, -0.2) is 31.6 Å². The third-order valence-electron chi connectivity index (χ3n) is 2.15. The van der Waals surface area contributed by atoms with Crippen molar-refractivity contribution in [2.24, 2.45) is 0 Å². The lowest BCUT2D eigenvalue weighted by Crippen LogP contribution is -2.06. The Balaban J connectivity index is 0.000000288. The number of hydrogen-bond donors (Lipinski definition) is 0. The summed E-state index contributed by atoms with van der Waals surface area (Å²) in [4.78, 5) is 20.6. The summed E-state index contributed by atoms with van der Waals surface area (Å²) in [6.45, 7) is 4.81. The first-order valence-corrected chi connectivity index (χ1v) is 5.89. The van der Waals surface area contributed by atoms with Crippen molar-refractivity contribution in [3.63, 3.8) is 0 Å². The van der Waals surface area contributed by atoms with Gasteiger partial charge in [0.1, 0.15) is 12.4 Å². The minimum absolute atomic E-state index is 0.255. The third-order valence-corrected chi connectivity index (χ3v) is 2.15. The average molecular weight is 230 g/mol. The second-order valence-corrected chi connectivity index (χ2v) is 3.64. The maximum Gasteiger partial charge on any atom is 0.302 e. The van der Waals surface area contributed by atoms with E-state index in [1.807, 2.05) is 6.92 Å². The van der Waals surface area contributed by atoms with E-state index >= 15 is 0 Å². The number of esters is 1. The Bertz CT molecular complexity index is 193. The third kappa shape index (κ3) is 11.2. The van der Waals surface area contributed by atoms with Crippen LogP contribution in [0.1, 0.15) is 46.0 Å². The van der Waals surface area contributed by atoms with Crippen LogP contribution in [0.5, 0.6) is 0 Å². The van der Waals surface area contributed by atoms with Gasteiger partial charge in [-0.05, 0) is 19.8 Å². The van der Waals surface area contributed by atoms with E-state index in [9.17, 15) is 9.59 Å². The number of rotatable bonds is 4. The predicted molar refractivity (Wildman–Crippen MR) is 61.2 cm³/mol. The topological polar surface area (TPSA) is 52.6 Å². The monoisotopic (exact) mass is 230 g/mol. The zero-order chi connectivity index (χ0) is 12.2. The van der Waals surface area contributed by atoms with Crippen LogP contribution in [0.25, 0.3) is 0 Å². The van der Waals surface area contributed by atoms with Gasteiger partial charge in [0.05, 0.1) is 6.61 Å². The van der Waals surface area contributed by atoms with Gasteiger partial charge in [-0.3, -0.25) is 9.59 Å². The lowest BCUT2D eigenvalue weighted by Gasteiger charge is -2.05. The van der Waals surface area contributed by atoms with Crippen LogP contribution < -0.4 is 0 Å². The number of Topliss-reactive ketones (excluding diaryl/α,β-unsaturated/α-hetero) is 1. The van der Waals surface area contributed by atoms with Crippen molar-refractivity contribution in [1.29, 1.82) is 0 Å². The first-order chi connectivity index (χ1) is 7.66. The van der Waals surface area contributed by atoms with Gasteiger partial charge >= 0.3 is 5.97 Å². The van der Waals surface area contributed by atoms with E-state index < -0.39 is 0 Å². The van der Waals surface area contributed by atoms with Gasteiger partial charge in [-0.2, -0.15) is 0 Å². The summed E-state index contributed by atoms with van der Waals surface area (Å²) in [5.41, 5.74) is 0. The van der Waals surface area contributed by atoms with Gasteiger partial charge in [-0.1, -0.05) is 6.42 Å². The number of hydrogen-bond acceptors (Lipinski definition) is 4. The zero-order valence-electron chi connectivity index (χ0n) is 10.3. The lowest BCUT2D eigenvalue weighted by molar-refractivity contribution is -0.142. The van der Waals surface area contributed by atoms with Crippen LogP contribution in [0, 0.1) is 0 Å². The first kappa shape index (κ1) is 15.1. The molecular formula is C12H22O4. The highest BCUT2D eigenvalue weighted by molar-refractivity contribution is 5.78. The van der Waals surface area contributed by atoms with Crippen LogP contribution in [0.4, 0.5) is 0 Å². The lowest BCUT2D eigenvalue weighted by atomic mass is 10.00. The van der Waals surface area contributed by atoms with Crippen LogP contribution in [0.3, 0.4) is 0 Å². The van der Waals surface area contributed by atoms with E-state index in [-0.39, 0.29) is 5.97 Å². The molecule has 0 aliphatic heterocycles. The molecule has 1 aliphatic rings. The Morgan fingerprint density at radius 2 is 1.81 bits per heavy atom. The van der Waals surface area contributed by atoms with Crippen molar-refractivity contribution < 1.29 is 19.1 Å². The highest BCUT2D eigenvalue weighted by Crippen LogP contribution is 2.12. The molecule has 0 aromatic carbocycles. The highest BCUT2D eigenvalue weighted by atomic mass is 16.6. The second-order valence-electron chi connectivity index (χ2n) is 3.64. The number of carbonyl (C=O) groups excluding carboxylic acids is 2. The van der Waals surface area contributed by atoms with Gasteiger partial charge in [0.15, 0.2) is 0 Å². The van der Waals surface area contributed by atoms with Crippen molar-refractivity contribution in [1.82, 2.24) is 0 Å². The van der Waals surface area contributed by atoms with Gasteiger partial charge < -0.3 is 9.47 Å². The summed E-state index contributed by atoms with van der Waals surface area (Å²) >= 11 is 0. The maximum atomic E-state index is 10.5. The predicted octanol–water partition coefficient (Wildman–Crippen LogP) is 2.11. The Kier molecular flexibility index (Phi) is 10.0. The van der Waals surface area contributed by atoms with Crippen molar-refractivity contribution in [2.75, 3.05) is 19.8 Å². The van der Waals surface area contributed by atoms with Crippen LogP contribution in [0.2, 0.25) is 0 Å². The van der Waals surface area contributed by atoms with E-state index in [1.54, 1.807) is 0 Å². The molecule has 4 nitrogen and oxygen atoms in total. The Morgan fingerprint density at radius 1 is 1.19 bits per heavy atom. The standard InChI is InChI=1S/C6H12O3.C6H10O/c1-3-8-4-5-9-6(2)7;7-6-4-2-1-3-5-6/h3-5H2,1-2H3;1-5H2. The van der Waals surface area contributed by atoms with Gasteiger partial charge in [0.2, 0.25) is 0 Å². The summed E-state index contributed by atoms with van der Waals surface area (Å²) in [6, 6.07) is 0. The molecule has 0 N–H and O–H groups in total. The minimum atomic E-state index is -0.255. The fourth-order valence-corrected chi connectivity index (χ4v) is 1.33. The normalized spacial score (nSPS) is 15.0. The smallest absolute Gasteiger partial charge is 0.302 e. The molecule has 0 bridgehead atoms. The molecule has 0 atom stereocenters. The summed E-state index contributed by atoms with van der Waals surface area (Å²) < 4.78 is 9.49. The van der Waals surface area contributed by atoms with Crippen molar-refractivity contribution in [3.05, 3.63) is 0 Å². The van der Waals surface area contributed by atoms with Crippen molar-refractivity contribution in [2.45, 2.75) is 46.0 Å². The van der Waals surface area contributed by atoms with Crippen LogP contribution >= 0.6 is 0 Å². The number of carbonyl (C=O) groups is 2. The molecule has 0 spiro atoms. The molecule has 94 valence electrons. The molecule has 0 unspecified atom stereocenters. The molecule has 0 aromatic heterocycles. The number of ether oxygens (including phenoxy) is 2. The van der Waals surface area contributed by atoms with E-state index in [2.05, 4.69) is 4.74 Å². The average Bonchev–Trinajstić information content (AvgIpc) is 2.26.